The normalized spacial score (nSPS) is 20.1. The highest BCUT2D eigenvalue weighted by Crippen LogP contribution is 2.17. The van der Waals surface area contributed by atoms with Crippen LogP contribution in [0.2, 0.25) is 0 Å². The molecule has 1 unspecified atom stereocenters. The minimum Gasteiger partial charge on any atom is -0.472 e. The minimum absolute atomic E-state index is 0.399. The quantitative estimate of drug-likeness (QED) is 0.840. The van der Waals surface area contributed by atoms with Gasteiger partial charge < -0.3 is 14.6 Å². The molecule has 0 aromatic carbocycles. The lowest BCUT2D eigenvalue weighted by Crippen LogP contribution is -2.43. The van der Waals surface area contributed by atoms with Crippen LogP contribution in [0.25, 0.3) is 0 Å². The van der Waals surface area contributed by atoms with Gasteiger partial charge in [-0.25, -0.2) is 0 Å². The monoisotopic (exact) mass is 250 g/mol. The average Bonchev–Trinajstić information content (AvgIpc) is 2.92. The van der Waals surface area contributed by atoms with Crippen LogP contribution in [0.3, 0.4) is 0 Å². The van der Waals surface area contributed by atoms with Gasteiger partial charge in [0, 0.05) is 17.6 Å². The maximum absolute atomic E-state index is 5.14. The minimum atomic E-state index is 0.399. The van der Waals surface area contributed by atoms with Gasteiger partial charge in [-0.15, -0.1) is 0 Å². The zero-order chi connectivity index (χ0) is 12.8. The van der Waals surface area contributed by atoms with Crippen molar-refractivity contribution in [2.45, 2.75) is 51.6 Å². The third kappa shape index (κ3) is 3.85. The largest absolute Gasteiger partial charge is 0.472 e. The molecule has 1 aliphatic heterocycles. The summed E-state index contributed by atoms with van der Waals surface area (Å²) in [4.78, 5) is 2.60. The molecule has 1 saturated heterocycles. The van der Waals surface area contributed by atoms with Crippen LogP contribution in [0.5, 0.6) is 0 Å². The molecule has 0 aliphatic carbocycles. The summed E-state index contributed by atoms with van der Waals surface area (Å²) >= 11 is 0. The summed E-state index contributed by atoms with van der Waals surface area (Å²) in [5.74, 6) is 0. The van der Waals surface area contributed by atoms with Crippen molar-refractivity contribution in [2.24, 2.45) is 0 Å². The number of nitrogens with zero attached hydrogens (tertiary/aromatic N) is 1. The van der Waals surface area contributed by atoms with Gasteiger partial charge in [0.2, 0.25) is 0 Å². The van der Waals surface area contributed by atoms with E-state index in [1.807, 2.05) is 12.3 Å². The lowest BCUT2D eigenvalue weighted by atomic mass is 10.0. The predicted molar refractivity (Wildman–Crippen MR) is 74.6 cm³/mol. The first-order valence-corrected chi connectivity index (χ1v) is 7.30. The Balaban J connectivity index is 1.70. The Morgan fingerprint density at radius 2 is 2.22 bits per heavy atom. The summed E-state index contributed by atoms with van der Waals surface area (Å²) in [5, 5.41) is 3.71. The predicted octanol–water partition coefficient (Wildman–Crippen LogP) is 3.19. The Morgan fingerprint density at radius 3 is 2.83 bits per heavy atom. The summed E-state index contributed by atoms with van der Waals surface area (Å²) in [5.41, 5.74) is 1.25. The second-order valence-corrected chi connectivity index (χ2v) is 5.41. The zero-order valence-electron chi connectivity index (χ0n) is 11.7. The zero-order valence-corrected chi connectivity index (χ0v) is 11.7. The number of unbranched alkanes of at least 4 members (excludes halogenated alkanes) is 1. The van der Waals surface area contributed by atoms with E-state index in [1.54, 1.807) is 6.26 Å². The van der Waals surface area contributed by atoms with Crippen LogP contribution >= 0.6 is 0 Å². The standard InChI is InChI=1S/C15H26N2O/c1-3-4-8-17-9-5-15(6-10-17)16-13(2)14-7-11-18-12-14/h7,11-13,15-16H,3-6,8-10H2,1-2H3. The number of rotatable bonds is 6. The van der Waals surface area contributed by atoms with Crippen molar-refractivity contribution in [2.75, 3.05) is 19.6 Å². The van der Waals surface area contributed by atoms with E-state index < -0.39 is 0 Å². The molecule has 3 heteroatoms. The molecule has 0 amide bonds. The van der Waals surface area contributed by atoms with Gasteiger partial charge in [0.05, 0.1) is 12.5 Å². The van der Waals surface area contributed by atoms with E-state index in [0.717, 1.165) is 0 Å². The van der Waals surface area contributed by atoms with Gasteiger partial charge in [-0.2, -0.15) is 0 Å². The molecule has 0 spiro atoms. The van der Waals surface area contributed by atoms with Crippen LogP contribution in [-0.2, 0) is 0 Å². The maximum atomic E-state index is 5.14. The smallest absolute Gasteiger partial charge is 0.0950 e. The SMILES string of the molecule is CCCCN1CCC(NC(C)c2ccoc2)CC1. The molecule has 1 fully saturated rings. The molecule has 1 aromatic rings. The van der Waals surface area contributed by atoms with E-state index in [0.29, 0.717) is 12.1 Å². The average molecular weight is 250 g/mol. The molecule has 0 saturated carbocycles. The molecule has 0 bridgehead atoms. The maximum Gasteiger partial charge on any atom is 0.0950 e. The Morgan fingerprint density at radius 1 is 1.44 bits per heavy atom. The van der Waals surface area contributed by atoms with E-state index in [2.05, 4.69) is 24.1 Å². The highest BCUT2D eigenvalue weighted by Gasteiger charge is 2.20. The molecule has 2 rings (SSSR count). The Hall–Kier alpha value is -0.800. The molecule has 1 aromatic heterocycles. The summed E-state index contributed by atoms with van der Waals surface area (Å²) in [6, 6.07) is 3.11. The lowest BCUT2D eigenvalue weighted by Gasteiger charge is -2.33. The molecule has 2 heterocycles. The highest BCUT2D eigenvalue weighted by atomic mass is 16.3. The van der Waals surface area contributed by atoms with Gasteiger partial charge in [-0.3, -0.25) is 0 Å². The van der Waals surface area contributed by atoms with Crippen molar-refractivity contribution < 1.29 is 4.42 Å². The molecule has 102 valence electrons. The second-order valence-electron chi connectivity index (χ2n) is 5.41. The van der Waals surface area contributed by atoms with E-state index in [4.69, 9.17) is 4.42 Å². The summed E-state index contributed by atoms with van der Waals surface area (Å²) in [6.07, 6.45) is 8.77. The first-order valence-electron chi connectivity index (χ1n) is 7.30. The second kappa shape index (κ2) is 6.95. The molecular weight excluding hydrogens is 224 g/mol. The lowest BCUT2D eigenvalue weighted by molar-refractivity contribution is 0.190. The van der Waals surface area contributed by atoms with Crippen LogP contribution in [0.4, 0.5) is 0 Å². The van der Waals surface area contributed by atoms with Crippen molar-refractivity contribution in [1.29, 1.82) is 0 Å². The highest BCUT2D eigenvalue weighted by molar-refractivity contribution is 5.10. The van der Waals surface area contributed by atoms with Crippen LogP contribution in [0, 0.1) is 0 Å². The molecule has 1 N–H and O–H groups in total. The number of likely N-dealkylation sites (tertiary alicyclic amines) is 1. The van der Waals surface area contributed by atoms with Crippen molar-refractivity contribution in [3.8, 4) is 0 Å². The van der Waals surface area contributed by atoms with Crippen molar-refractivity contribution in [1.82, 2.24) is 10.2 Å². The number of furan rings is 1. The number of hydrogen-bond acceptors (Lipinski definition) is 3. The molecular formula is C15H26N2O. The Kier molecular flexibility index (Phi) is 5.26. The van der Waals surface area contributed by atoms with Gasteiger partial charge >= 0.3 is 0 Å². The van der Waals surface area contributed by atoms with Crippen LogP contribution in [0.15, 0.2) is 23.0 Å². The van der Waals surface area contributed by atoms with Crippen LogP contribution in [-0.4, -0.2) is 30.6 Å². The molecule has 1 aliphatic rings. The summed E-state index contributed by atoms with van der Waals surface area (Å²) in [7, 11) is 0. The number of nitrogens with one attached hydrogen (secondary N) is 1. The molecule has 1 atom stereocenters. The molecule has 18 heavy (non-hydrogen) atoms. The van der Waals surface area contributed by atoms with Crippen molar-refractivity contribution in [3.05, 3.63) is 24.2 Å². The van der Waals surface area contributed by atoms with Gasteiger partial charge in [-0.1, -0.05) is 13.3 Å². The number of hydrogen-bond donors (Lipinski definition) is 1. The molecule has 0 radical (unpaired) electrons. The Labute approximate surface area is 111 Å². The van der Waals surface area contributed by atoms with E-state index >= 15 is 0 Å². The topological polar surface area (TPSA) is 28.4 Å². The fourth-order valence-corrected chi connectivity index (χ4v) is 2.68. The van der Waals surface area contributed by atoms with E-state index in [-0.39, 0.29) is 0 Å². The fourth-order valence-electron chi connectivity index (χ4n) is 2.68. The van der Waals surface area contributed by atoms with Crippen molar-refractivity contribution >= 4 is 0 Å². The van der Waals surface area contributed by atoms with E-state index in [9.17, 15) is 0 Å². The first-order chi connectivity index (χ1) is 8.79. The van der Waals surface area contributed by atoms with Gasteiger partial charge in [0.15, 0.2) is 0 Å². The van der Waals surface area contributed by atoms with Crippen LogP contribution in [0.1, 0.15) is 51.1 Å². The van der Waals surface area contributed by atoms with Gasteiger partial charge in [-0.05, 0) is 51.9 Å². The fraction of sp³-hybridized carbons (Fsp3) is 0.733. The van der Waals surface area contributed by atoms with E-state index in [1.165, 1.54) is 50.9 Å². The first kappa shape index (κ1) is 13.6. The van der Waals surface area contributed by atoms with Crippen LogP contribution < -0.4 is 5.32 Å². The van der Waals surface area contributed by atoms with Crippen molar-refractivity contribution in [3.63, 3.8) is 0 Å². The number of piperidine rings is 1. The molecule has 3 nitrogen and oxygen atoms in total. The summed E-state index contributed by atoms with van der Waals surface area (Å²) < 4.78 is 5.14. The summed E-state index contributed by atoms with van der Waals surface area (Å²) in [6.45, 7) is 8.25. The van der Waals surface area contributed by atoms with Gasteiger partial charge in [0.1, 0.15) is 0 Å². The Bertz CT molecular complexity index is 315. The van der Waals surface area contributed by atoms with Gasteiger partial charge in [0.25, 0.3) is 0 Å². The third-order valence-corrected chi connectivity index (χ3v) is 3.94. The third-order valence-electron chi connectivity index (χ3n) is 3.94.